The minimum absolute atomic E-state index is 0. The van der Waals surface area contributed by atoms with Gasteiger partial charge < -0.3 is 0 Å². The number of likely N-dealkylation sites (tertiary alicyclic amines) is 1. The van der Waals surface area contributed by atoms with Crippen molar-refractivity contribution in [2.24, 2.45) is 5.41 Å². The molecule has 1 atom stereocenters. The average Bonchev–Trinajstić information content (AvgIpc) is 2.32. The summed E-state index contributed by atoms with van der Waals surface area (Å²) < 4.78 is 24.5. The summed E-state index contributed by atoms with van der Waals surface area (Å²) in [6.45, 7) is 7.33. The maximum atomic E-state index is 12.3. The maximum absolute atomic E-state index is 12.3. The Labute approximate surface area is 92.8 Å². The second kappa shape index (κ2) is 5.78. The van der Waals surface area contributed by atoms with E-state index >= 15 is 0 Å². The fraction of sp³-hybridized carbons (Fsp3) is 1.00. The molecule has 0 unspecified atom stereocenters. The topological polar surface area (TPSA) is 3.24 Å². The lowest BCUT2D eigenvalue weighted by Crippen LogP contribution is -2.36. The van der Waals surface area contributed by atoms with Crippen LogP contribution in [0.2, 0.25) is 0 Å². The van der Waals surface area contributed by atoms with Gasteiger partial charge in [-0.25, -0.2) is 8.78 Å². The normalized spacial score (nSPS) is 23.2. The number of hydrogen-bond acceptors (Lipinski definition) is 1. The second-order valence-electron chi connectivity index (χ2n) is 5.45. The summed E-state index contributed by atoms with van der Waals surface area (Å²) in [5.41, 5.74) is 0.245. The molecule has 3 heteroatoms. The Bertz CT molecular complexity index is 175. The first kappa shape index (κ1) is 14.8. The lowest BCUT2D eigenvalue weighted by atomic mass is 9.87. The molecule has 0 aromatic heterocycles. The summed E-state index contributed by atoms with van der Waals surface area (Å²) in [7, 11) is 0. The SMILES string of the molecule is C.CC(C)(C)C[C@@H]1CCCN1CC(F)F. The average molecular weight is 221 g/mol. The van der Waals surface area contributed by atoms with Crippen LogP contribution in [0.1, 0.15) is 47.5 Å². The molecule has 92 valence electrons. The Morgan fingerprint density at radius 1 is 1.33 bits per heavy atom. The lowest BCUT2D eigenvalue weighted by Gasteiger charge is -2.30. The highest BCUT2D eigenvalue weighted by Crippen LogP contribution is 2.29. The van der Waals surface area contributed by atoms with E-state index < -0.39 is 6.43 Å². The van der Waals surface area contributed by atoms with E-state index in [1.54, 1.807) is 0 Å². The molecule has 0 bridgehead atoms. The van der Waals surface area contributed by atoms with Crippen LogP contribution in [0, 0.1) is 5.41 Å². The minimum Gasteiger partial charge on any atom is -0.295 e. The van der Waals surface area contributed by atoms with E-state index in [-0.39, 0.29) is 19.4 Å². The number of rotatable bonds is 3. The molecule has 1 rings (SSSR count). The molecule has 0 amide bonds. The van der Waals surface area contributed by atoms with Crippen molar-refractivity contribution in [2.75, 3.05) is 13.1 Å². The van der Waals surface area contributed by atoms with Crippen molar-refractivity contribution >= 4 is 0 Å². The van der Waals surface area contributed by atoms with E-state index in [2.05, 4.69) is 20.8 Å². The van der Waals surface area contributed by atoms with E-state index in [0.717, 1.165) is 25.8 Å². The molecule has 0 N–H and O–H groups in total. The summed E-state index contributed by atoms with van der Waals surface area (Å²) in [6, 6.07) is 0.379. The van der Waals surface area contributed by atoms with Crippen molar-refractivity contribution in [3.05, 3.63) is 0 Å². The van der Waals surface area contributed by atoms with Gasteiger partial charge >= 0.3 is 0 Å². The Morgan fingerprint density at radius 2 is 1.93 bits per heavy atom. The first-order chi connectivity index (χ1) is 6.38. The van der Waals surface area contributed by atoms with Gasteiger partial charge in [-0.3, -0.25) is 4.90 Å². The van der Waals surface area contributed by atoms with E-state index in [1.807, 2.05) is 4.90 Å². The van der Waals surface area contributed by atoms with E-state index in [1.165, 1.54) is 0 Å². The van der Waals surface area contributed by atoms with Crippen molar-refractivity contribution in [3.63, 3.8) is 0 Å². The van der Waals surface area contributed by atoms with Gasteiger partial charge in [-0.2, -0.15) is 0 Å². The molecule has 0 saturated carbocycles. The van der Waals surface area contributed by atoms with Gasteiger partial charge in [-0.1, -0.05) is 28.2 Å². The Hall–Kier alpha value is -0.180. The standard InChI is InChI=1S/C11H21F2N.CH4/c1-11(2,3)7-9-5-4-6-14(9)8-10(12)13;/h9-10H,4-8H2,1-3H3;1H4/t9-;/m0./s1. The van der Waals surface area contributed by atoms with Crippen LogP contribution in [-0.2, 0) is 0 Å². The predicted octanol–water partition coefficient (Wildman–Crippen LogP) is 3.79. The van der Waals surface area contributed by atoms with Crippen molar-refractivity contribution < 1.29 is 8.78 Å². The fourth-order valence-electron chi connectivity index (χ4n) is 2.25. The molecule has 0 aliphatic carbocycles. The predicted molar refractivity (Wildman–Crippen MR) is 61.4 cm³/mol. The van der Waals surface area contributed by atoms with Crippen molar-refractivity contribution in [2.45, 2.75) is 59.9 Å². The van der Waals surface area contributed by atoms with Gasteiger partial charge in [0.2, 0.25) is 0 Å². The molecule has 1 saturated heterocycles. The van der Waals surface area contributed by atoms with Crippen molar-refractivity contribution in [3.8, 4) is 0 Å². The molecule has 1 nitrogen and oxygen atoms in total. The first-order valence-corrected chi connectivity index (χ1v) is 5.41. The highest BCUT2D eigenvalue weighted by Gasteiger charge is 2.29. The van der Waals surface area contributed by atoms with Crippen molar-refractivity contribution in [1.29, 1.82) is 0 Å². The number of hydrogen-bond donors (Lipinski definition) is 0. The van der Waals surface area contributed by atoms with Crippen LogP contribution < -0.4 is 0 Å². The van der Waals surface area contributed by atoms with Crippen LogP contribution in [-0.4, -0.2) is 30.5 Å². The second-order valence-corrected chi connectivity index (χ2v) is 5.45. The molecule has 1 aliphatic heterocycles. The van der Waals surface area contributed by atoms with Crippen LogP contribution in [0.15, 0.2) is 0 Å². The summed E-state index contributed by atoms with van der Waals surface area (Å²) in [5, 5.41) is 0. The van der Waals surface area contributed by atoms with Crippen LogP contribution in [0.3, 0.4) is 0 Å². The molecule has 1 fully saturated rings. The zero-order valence-corrected chi connectivity index (χ0v) is 9.39. The highest BCUT2D eigenvalue weighted by molar-refractivity contribution is 4.83. The third kappa shape index (κ3) is 5.45. The number of alkyl halides is 2. The molecule has 0 spiro atoms. The Balaban J connectivity index is 0.00000196. The van der Waals surface area contributed by atoms with Crippen molar-refractivity contribution in [1.82, 2.24) is 4.90 Å². The number of halogens is 2. The third-order valence-corrected chi connectivity index (χ3v) is 2.72. The summed E-state index contributed by atoms with van der Waals surface area (Å²) >= 11 is 0. The highest BCUT2D eigenvalue weighted by atomic mass is 19.3. The van der Waals surface area contributed by atoms with Gasteiger partial charge in [0.05, 0.1) is 6.54 Å². The lowest BCUT2D eigenvalue weighted by molar-refractivity contribution is 0.0723. The van der Waals surface area contributed by atoms with E-state index in [4.69, 9.17) is 0 Å². The summed E-state index contributed by atoms with van der Waals surface area (Å²) in [5.74, 6) is 0. The van der Waals surface area contributed by atoms with E-state index in [0.29, 0.717) is 6.04 Å². The molecule has 0 radical (unpaired) electrons. The largest absolute Gasteiger partial charge is 0.295 e. The van der Waals surface area contributed by atoms with Crippen LogP contribution in [0.5, 0.6) is 0 Å². The monoisotopic (exact) mass is 221 g/mol. The molecular formula is C12H25F2N. The quantitative estimate of drug-likeness (QED) is 0.701. The van der Waals surface area contributed by atoms with Crippen LogP contribution in [0.4, 0.5) is 8.78 Å². The summed E-state index contributed by atoms with van der Waals surface area (Å²) in [6.07, 6.45) is 1.01. The Morgan fingerprint density at radius 3 is 2.40 bits per heavy atom. The molecule has 1 heterocycles. The molecule has 0 aromatic rings. The van der Waals surface area contributed by atoms with Gasteiger partial charge in [0.25, 0.3) is 6.43 Å². The first-order valence-electron chi connectivity index (χ1n) is 5.41. The zero-order chi connectivity index (χ0) is 10.8. The molecule has 0 aromatic carbocycles. The van der Waals surface area contributed by atoms with E-state index in [9.17, 15) is 8.78 Å². The molecular weight excluding hydrogens is 196 g/mol. The third-order valence-electron chi connectivity index (χ3n) is 2.72. The minimum atomic E-state index is -2.18. The Kier molecular flexibility index (Phi) is 5.71. The number of nitrogens with zero attached hydrogens (tertiary/aromatic N) is 1. The van der Waals surface area contributed by atoms with Gasteiger partial charge in [0, 0.05) is 6.04 Å². The van der Waals surface area contributed by atoms with Crippen LogP contribution in [0.25, 0.3) is 0 Å². The molecule has 1 aliphatic rings. The van der Waals surface area contributed by atoms with Gasteiger partial charge in [0.1, 0.15) is 0 Å². The smallest absolute Gasteiger partial charge is 0.251 e. The summed E-state index contributed by atoms with van der Waals surface area (Å²) in [4.78, 5) is 1.95. The maximum Gasteiger partial charge on any atom is 0.251 e. The van der Waals surface area contributed by atoms with Gasteiger partial charge in [0.15, 0.2) is 0 Å². The molecule has 15 heavy (non-hydrogen) atoms. The van der Waals surface area contributed by atoms with Crippen LogP contribution >= 0.6 is 0 Å². The van der Waals surface area contributed by atoms with Gasteiger partial charge in [-0.15, -0.1) is 0 Å². The van der Waals surface area contributed by atoms with Gasteiger partial charge in [-0.05, 0) is 31.2 Å². The fourth-order valence-corrected chi connectivity index (χ4v) is 2.25. The zero-order valence-electron chi connectivity index (χ0n) is 9.39.